The molecule has 164 valence electrons. The highest BCUT2D eigenvalue weighted by Gasteiger charge is 2.28. The van der Waals surface area contributed by atoms with Gasteiger partial charge in [0, 0.05) is 13.1 Å². The van der Waals surface area contributed by atoms with E-state index < -0.39 is 10.0 Å². The van der Waals surface area contributed by atoms with Gasteiger partial charge >= 0.3 is 0 Å². The summed E-state index contributed by atoms with van der Waals surface area (Å²) in [6.45, 7) is 8.42. The van der Waals surface area contributed by atoms with Gasteiger partial charge in [-0.2, -0.15) is 4.31 Å². The molecule has 0 heterocycles. The standard InChI is InChI=1S/C23H32N2O4S/c1-6-17(4)22(18-12-10-9-11-13-18)23(26)24-20-16-19(14-15-21(20)29-5)30(27,28)25(7-2)8-3/h9-17,22H,6-8H2,1-5H3,(H,24,26). The smallest absolute Gasteiger partial charge is 0.243 e. The van der Waals surface area contributed by atoms with Gasteiger partial charge in [-0.05, 0) is 29.7 Å². The van der Waals surface area contributed by atoms with E-state index in [1.165, 1.54) is 23.5 Å². The maximum Gasteiger partial charge on any atom is 0.243 e. The van der Waals surface area contributed by atoms with Crippen molar-refractivity contribution in [1.82, 2.24) is 4.31 Å². The minimum Gasteiger partial charge on any atom is -0.495 e. The number of sulfonamides is 1. The first-order valence-electron chi connectivity index (χ1n) is 10.3. The molecule has 2 aromatic carbocycles. The SMILES string of the molecule is CCC(C)C(C(=O)Nc1cc(S(=O)(=O)N(CC)CC)ccc1OC)c1ccccc1. The molecular weight excluding hydrogens is 400 g/mol. The summed E-state index contributed by atoms with van der Waals surface area (Å²) < 4.78 is 32.6. The van der Waals surface area contributed by atoms with Crippen molar-refractivity contribution in [3.63, 3.8) is 0 Å². The Kier molecular flexibility index (Phi) is 8.43. The van der Waals surface area contributed by atoms with Crippen molar-refractivity contribution in [2.24, 2.45) is 5.92 Å². The molecule has 0 spiro atoms. The van der Waals surface area contributed by atoms with Gasteiger partial charge < -0.3 is 10.1 Å². The molecule has 1 amide bonds. The number of amides is 1. The van der Waals surface area contributed by atoms with Crippen LogP contribution in [0.2, 0.25) is 0 Å². The fraction of sp³-hybridized carbons (Fsp3) is 0.435. The van der Waals surface area contributed by atoms with Gasteiger partial charge in [0.25, 0.3) is 0 Å². The molecule has 2 atom stereocenters. The predicted octanol–water partition coefficient (Wildman–Crippen LogP) is 4.49. The van der Waals surface area contributed by atoms with Crippen molar-refractivity contribution in [3.05, 3.63) is 54.1 Å². The highest BCUT2D eigenvalue weighted by atomic mass is 32.2. The lowest BCUT2D eigenvalue weighted by Crippen LogP contribution is -2.31. The van der Waals surface area contributed by atoms with E-state index in [-0.39, 0.29) is 22.6 Å². The summed E-state index contributed by atoms with van der Waals surface area (Å²) in [7, 11) is -2.16. The van der Waals surface area contributed by atoms with Crippen LogP contribution < -0.4 is 10.1 Å². The second kappa shape index (κ2) is 10.6. The fourth-order valence-corrected chi connectivity index (χ4v) is 4.99. The molecule has 2 unspecified atom stereocenters. The van der Waals surface area contributed by atoms with Crippen LogP contribution in [-0.4, -0.2) is 38.8 Å². The number of nitrogens with zero attached hydrogens (tertiary/aromatic N) is 1. The van der Waals surface area contributed by atoms with Gasteiger partial charge in [0.05, 0.1) is 23.6 Å². The van der Waals surface area contributed by atoms with E-state index in [0.29, 0.717) is 24.5 Å². The molecule has 0 saturated heterocycles. The molecule has 0 fully saturated rings. The van der Waals surface area contributed by atoms with E-state index in [1.807, 2.05) is 44.2 Å². The van der Waals surface area contributed by atoms with Gasteiger partial charge in [-0.25, -0.2) is 8.42 Å². The molecule has 0 aliphatic carbocycles. The third-order valence-electron chi connectivity index (χ3n) is 5.43. The number of carbonyl (C=O) groups is 1. The van der Waals surface area contributed by atoms with Crippen LogP contribution in [0.1, 0.15) is 45.6 Å². The summed E-state index contributed by atoms with van der Waals surface area (Å²) in [5.74, 6) is -0.0195. The average molecular weight is 433 g/mol. The highest BCUT2D eigenvalue weighted by Crippen LogP contribution is 2.33. The normalized spacial score (nSPS) is 13.7. The number of methoxy groups -OCH3 is 1. The van der Waals surface area contributed by atoms with Gasteiger partial charge in [0.15, 0.2) is 0 Å². The maximum absolute atomic E-state index is 13.3. The van der Waals surface area contributed by atoms with Crippen LogP contribution in [0.25, 0.3) is 0 Å². The zero-order valence-electron chi connectivity index (χ0n) is 18.4. The van der Waals surface area contributed by atoms with Gasteiger partial charge in [-0.1, -0.05) is 64.4 Å². The largest absolute Gasteiger partial charge is 0.495 e. The van der Waals surface area contributed by atoms with E-state index in [0.717, 1.165) is 12.0 Å². The van der Waals surface area contributed by atoms with Crippen molar-refractivity contribution in [3.8, 4) is 5.75 Å². The molecule has 7 heteroatoms. The number of ether oxygens (including phenoxy) is 1. The lowest BCUT2D eigenvalue weighted by Gasteiger charge is -2.24. The summed E-state index contributed by atoms with van der Waals surface area (Å²) >= 11 is 0. The van der Waals surface area contributed by atoms with Crippen LogP contribution in [0.4, 0.5) is 5.69 Å². The zero-order chi connectivity index (χ0) is 22.3. The van der Waals surface area contributed by atoms with Crippen molar-refractivity contribution < 1.29 is 17.9 Å². The molecule has 2 rings (SSSR count). The molecule has 0 saturated carbocycles. The Bertz CT molecular complexity index is 941. The first kappa shape index (κ1) is 23.9. The van der Waals surface area contributed by atoms with Gasteiger partial charge in [-0.15, -0.1) is 0 Å². The number of hydrogen-bond donors (Lipinski definition) is 1. The predicted molar refractivity (Wildman–Crippen MR) is 120 cm³/mol. The van der Waals surface area contributed by atoms with Gasteiger partial charge in [-0.3, -0.25) is 4.79 Å². The van der Waals surface area contributed by atoms with Crippen molar-refractivity contribution >= 4 is 21.6 Å². The van der Waals surface area contributed by atoms with Crippen molar-refractivity contribution in [2.75, 3.05) is 25.5 Å². The molecule has 0 radical (unpaired) electrons. The molecule has 6 nitrogen and oxygen atoms in total. The van der Waals surface area contributed by atoms with E-state index in [1.54, 1.807) is 19.9 Å². The first-order chi connectivity index (χ1) is 14.3. The van der Waals surface area contributed by atoms with Gasteiger partial charge in [0.1, 0.15) is 5.75 Å². The lowest BCUT2D eigenvalue weighted by molar-refractivity contribution is -0.118. The minimum absolute atomic E-state index is 0.112. The highest BCUT2D eigenvalue weighted by molar-refractivity contribution is 7.89. The van der Waals surface area contributed by atoms with E-state index in [2.05, 4.69) is 5.32 Å². The summed E-state index contributed by atoms with van der Waals surface area (Å²) in [5, 5.41) is 2.92. The lowest BCUT2D eigenvalue weighted by atomic mass is 9.85. The van der Waals surface area contributed by atoms with Crippen molar-refractivity contribution in [2.45, 2.75) is 44.9 Å². The zero-order valence-corrected chi connectivity index (χ0v) is 19.2. The number of benzene rings is 2. The van der Waals surface area contributed by atoms with E-state index in [9.17, 15) is 13.2 Å². The Balaban J connectivity index is 2.43. The molecule has 0 bridgehead atoms. The number of rotatable bonds is 10. The Morgan fingerprint density at radius 1 is 1.07 bits per heavy atom. The van der Waals surface area contributed by atoms with E-state index >= 15 is 0 Å². The second-order valence-electron chi connectivity index (χ2n) is 7.21. The fourth-order valence-electron chi connectivity index (χ4n) is 3.50. The molecule has 1 N–H and O–H groups in total. The molecule has 0 aliphatic rings. The second-order valence-corrected chi connectivity index (χ2v) is 9.15. The first-order valence-corrected chi connectivity index (χ1v) is 11.8. The third-order valence-corrected chi connectivity index (χ3v) is 7.47. The van der Waals surface area contributed by atoms with Crippen LogP contribution in [-0.2, 0) is 14.8 Å². The Morgan fingerprint density at radius 2 is 1.70 bits per heavy atom. The van der Waals surface area contributed by atoms with Crippen molar-refractivity contribution in [1.29, 1.82) is 0 Å². The van der Waals surface area contributed by atoms with Crippen LogP contribution in [0.5, 0.6) is 5.75 Å². The Labute approximate surface area is 180 Å². The summed E-state index contributed by atoms with van der Waals surface area (Å²) in [5.41, 5.74) is 1.27. The monoisotopic (exact) mass is 432 g/mol. The molecular formula is C23H32N2O4S. The third kappa shape index (κ3) is 5.21. The topological polar surface area (TPSA) is 75.7 Å². The number of carbonyl (C=O) groups excluding carboxylic acids is 1. The van der Waals surface area contributed by atoms with Gasteiger partial charge in [0.2, 0.25) is 15.9 Å². The molecule has 0 aromatic heterocycles. The van der Waals surface area contributed by atoms with Crippen LogP contribution >= 0.6 is 0 Å². The van der Waals surface area contributed by atoms with Crippen LogP contribution in [0.3, 0.4) is 0 Å². The van der Waals surface area contributed by atoms with Crippen LogP contribution in [0.15, 0.2) is 53.4 Å². The molecule has 30 heavy (non-hydrogen) atoms. The summed E-state index contributed by atoms with van der Waals surface area (Å²) in [6.07, 6.45) is 0.834. The summed E-state index contributed by atoms with van der Waals surface area (Å²) in [4.78, 5) is 13.4. The van der Waals surface area contributed by atoms with E-state index in [4.69, 9.17) is 4.74 Å². The number of nitrogens with one attached hydrogen (secondary N) is 1. The minimum atomic E-state index is -3.65. The maximum atomic E-state index is 13.3. The number of hydrogen-bond acceptors (Lipinski definition) is 4. The Hall–Kier alpha value is -2.38. The molecule has 0 aliphatic heterocycles. The summed E-state index contributed by atoms with van der Waals surface area (Å²) in [6, 6.07) is 14.2. The average Bonchev–Trinajstić information content (AvgIpc) is 2.75. The Morgan fingerprint density at radius 3 is 2.23 bits per heavy atom. The molecule has 2 aromatic rings. The van der Waals surface area contributed by atoms with Crippen LogP contribution in [0, 0.1) is 5.92 Å². The quantitative estimate of drug-likeness (QED) is 0.600. The number of anilines is 1.